The monoisotopic (exact) mass is 230 g/mol. The predicted octanol–water partition coefficient (Wildman–Crippen LogP) is 1.37. The summed E-state index contributed by atoms with van der Waals surface area (Å²) in [5.74, 6) is 0.0744. The van der Waals surface area contributed by atoms with Gasteiger partial charge in [0.2, 0.25) is 5.91 Å². The summed E-state index contributed by atoms with van der Waals surface area (Å²) in [6, 6.07) is 0. The van der Waals surface area contributed by atoms with Crippen LogP contribution in [0, 0.1) is 5.41 Å². The molecule has 1 saturated carbocycles. The minimum Gasteiger partial charge on any atom is -0.354 e. The summed E-state index contributed by atoms with van der Waals surface area (Å²) < 4.78 is 0.306. The van der Waals surface area contributed by atoms with Crippen LogP contribution >= 0.6 is 11.8 Å². The summed E-state index contributed by atoms with van der Waals surface area (Å²) in [6.45, 7) is 4.95. The number of hydrogen-bond donors (Lipinski definition) is 2. The summed E-state index contributed by atoms with van der Waals surface area (Å²) in [4.78, 5) is 11.8. The molecule has 0 aromatic heterocycles. The van der Waals surface area contributed by atoms with E-state index in [1.807, 2.05) is 25.6 Å². The molecule has 1 rings (SSSR count). The van der Waals surface area contributed by atoms with Gasteiger partial charge in [-0.2, -0.15) is 11.8 Å². The molecule has 0 spiro atoms. The van der Waals surface area contributed by atoms with Gasteiger partial charge in [0.15, 0.2) is 0 Å². The topological polar surface area (TPSA) is 55.1 Å². The fourth-order valence-corrected chi connectivity index (χ4v) is 2.51. The lowest BCUT2D eigenvalue weighted by Crippen LogP contribution is -2.49. The molecule has 1 amide bonds. The number of carbonyl (C=O) groups is 1. The fraction of sp³-hybridized carbons (Fsp3) is 0.909. The molecule has 4 heteroatoms. The summed E-state index contributed by atoms with van der Waals surface area (Å²) in [5.41, 5.74) is 5.12. The Morgan fingerprint density at radius 3 is 2.47 bits per heavy atom. The first-order chi connectivity index (χ1) is 6.96. The van der Waals surface area contributed by atoms with Crippen LogP contribution < -0.4 is 11.1 Å². The van der Waals surface area contributed by atoms with Gasteiger partial charge < -0.3 is 11.1 Å². The van der Waals surface area contributed by atoms with Crippen molar-refractivity contribution in [2.75, 3.05) is 19.3 Å². The summed E-state index contributed by atoms with van der Waals surface area (Å²) in [6.07, 6.45) is 5.85. The third kappa shape index (κ3) is 2.88. The standard InChI is InChI=1S/C11H22N2OS/c1-10(2,7-12)9(14)13-8-11(15-3)5-4-6-11/h4-8,12H2,1-3H3,(H,13,14). The van der Waals surface area contributed by atoms with Crippen LogP contribution in [0.25, 0.3) is 0 Å². The van der Waals surface area contributed by atoms with E-state index in [0.29, 0.717) is 11.3 Å². The Hall–Kier alpha value is -0.220. The highest BCUT2D eigenvalue weighted by molar-refractivity contribution is 8.00. The lowest BCUT2D eigenvalue weighted by Gasteiger charge is -2.41. The second-order valence-corrected chi connectivity index (χ2v) is 6.29. The smallest absolute Gasteiger partial charge is 0.226 e. The molecule has 3 N–H and O–H groups in total. The summed E-state index contributed by atoms with van der Waals surface area (Å²) in [7, 11) is 0. The van der Waals surface area contributed by atoms with E-state index < -0.39 is 5.41 Å². The van der Waals surface area contributed by atoms with Crippen molar-refractivity contribution in [1.82, 2.24) is 5.32 Å². The van der Waals surface area contributed by atoms with Crippen LogP contribution in [-0.2, 0) is 4.79 Å². The summed E-state index contributed by atoms with van der Waals surface area (Å²) in [5, 5.41) is 3.03. The largest absolute Gasteiger partial charge is 0.354 e. The molecule has 0 heterocycles. The first kappa shape index (κ1) is 12.8. The van der Waals surface area contributed by atoms with Gasteiger partial charge in [-0.05, 0) is 32.9 Å². The second kappa shape index (κ2) is 4.74. The van der Waals surface area contributed by atoms with Gasteiger partial charge in [-0.1, -0.05) is 6.42 Å². The third-order valence-corrected chi connectivity index (χ3v) is 4.81. The molecule has 0 aliphatic heterocycles. The zero-order valence-electron chi connectivity index (χ0n) is 9.93. The van der Waals surface area contributed by atoms with Gasteiger partial charge in [0, 0.05) is 17.8 Å². The van der Waals surface area contributed by atoms with Gasteiger partial charge in [-0.15, -0.1) is 0 Å². The van der Waals surface area contributed by atoms with Crippen molar-refractivity contribution in [3.63, 3.8) is 0 Å². The molecule has 15 heavy (non-hydrogen) atoms. The quantitative estimate of drug-likeness (QED) is 0.750. The third-order valence-electron chi connectivity index (χ3n) is 3.39. The van der Waals surface area contributed by atoms with E-state index in [9.17, 15) is 4.79 Å². The van der Waals surface area contributed by atoms with Crippen LogP contribution in [0.3, 0.4) is 0 Å². The van der Waals surface area contributed by atoms with Gasteiger partial charge in [0.1, 0.15) is 0 Å². The van der Waals surface area contributed by atoms with Crippen molar-refractivity contribution in [2.45, 2.75) is 37.9 Å². The number of carbonyl (C=O) groups excluding carboxylic acids is 1. The highest BCUT2D eigenvalue weighted by Crippen LogP contribution is 2.42. The Labute approximate surface area is 96.6 Å². The predicted molar refractivity (Wildman–Crippen MR) is 65.9 cm³/mol. The molecular weight excluding hydrogens is 208 g/mol. The van der Waals surface area contributed by atoms with E-state index in [0.717, 1.165) is 6.54 Å². The van der Waals surface area contributed by atoms with Gasteiger partial charge >= 0.3 is 0 Å². The van der Waals surface area contributed by atoms with E-state index in [2.05, 4.69) is 11.6 Å². The molecular formula is C11H22N2OS. The molecule has 0 bridgehead atoms. The number of rotatable bonds is 5. The highest BCUT2D eigenvalue weighted by Gasteiger charge is 2.37. The molecule has 0 unspecified atom stereocenters. The highest BCUT2D eigenvalue weighted by atomic mass is 32.2. The SMILES string of the molecule is CSC1(CNC(=O)C(C)(C)CN)CCC1. The second-order valence-electron chi connectivity index (χ2n) is 5.01. The van der Waals surface area contributed by atoms with Crippen molar-refractivity contribution in [3.05, 3.63) is 0 Å². The van der Waals surface area contributed by atoms with Crippen LogP contribution in [0.15, 0.2) is 0 Å². The van der Waals surface area contributed by atoms with Gasteiger partial charge in [-0.3, -0.25) is 4.79 Å². The maximum atomic E-state index is 11.8. The molecule has 0 aromatic carbocycles. The first-order valence-electron chi connectivity index (χ1n) is 5.49. The molecule has 1 fully saturated rings. The summed E-state index contributed by atoms with van der Waals surface area (Å²) >= 11 is 1.87. The lowest BCUT2D eigenvalue weighted by atomic mass is 9.83. The van der Waals surface area contributed by atoms with Crippen molar-refractivity contribution < 1.29 is 4.79 Å². The van der Waals surface area contributed by atoms with Crippen LogP contribution in [0.1, 0.15) is 33.1 Å². The Kier molecular flexibility index (Phi) is 4.06. The van der Waals surface area contributed by atoms with Crippen molar-refractivity contribution in [2.24, 2.45) is 11.1 Å². The minimum atomic E-state index is -0.441. The molecule has 88 valence electrons. The molecule has 0 aromatic rings. The van der Waals surface area contributed by atoms with Crippen LogP contribution in [0.2, 0.25) is 0 Å². The van der Waals surface area contributed by atoms with E-state index in [1.165, 1.54) is 19.3 Å². The van der Waals surface area contributed by atoms with Crippen molar-refractivity contribution in [3.8, 4) is 0 Å². The molecule has 0 radical (unpaired) electrons. The Balaban J connectivity index is 2.40. The van der Waals surface area contributed by atoms with E-state index in [1.54, 1.807) is 0 Å². The molecule has 1 aliphatic carbocycles. The fourth-order valence-electron chi connectivity index (χ4n) is 1.60. The van der Waals surface area contributed by atoms with Crippen molar-refractivity contribution >= 4 is 17.7 Å². The zero-order valence-corrected chi connectivity index (χ0v) is 10.7. The lowest BCUT2D eigenvalue weighted by molar-refractivity contribution is -0.129. The minimum absolute atomic E-state index is 0.0744. The average Bonchev–Trinajstić information content (AvgIpc) is 2.16. The number of hydrogen-bond acceptors (Lipinski definition) is 3. The molecule has 1 aliphatic rings. The van der Waals surface area contributed by atoms with Gasteiger partial charge in [0.05, 0.1) is 5.41 Å². The first-order valence-corrected chi connectivity index (χ1v) is 6.72. The van der Waals surface area contributed by atoms with Crippen molar-refractivity contribution in [1.29, 1.82) is 0 Å². The number of nitrogens with two attached hydrogens (primary N) is 1. The Bertz CT molecular complexity index is 231. The van der Waals surface area contributed by atoms with Crippen LogP contribution in [0.4, 0.5) is 0 Å². The van der Waals surface area contributed by atoms with E-state index in [-0.39, 0.29) is 5.91 Å². The number of amides is 1. The maximum absolute atomic E-state index is 11.8. The molecule has 0 atom stereocenters. The number of thioether (sulfide) groups is 1. The Morgan fingerprint density at radius 1 is 1.53 bits per heavy atom. The van der Waals surface area contributed by atoms with Gasteiger partial charge in [0.25, 0.3) is 0 Å². The normalized spacial score (nSPS) is 19.5. The molecule has 3 nitrogen and oxygen atoms in total. The maximum Gasteiger partial charge on any atom is 0.226 e. The van der Waals surface area contributed by atoms with Gasteiger partial charge in [-0.25, -0.2) is 0 Å². The van der Waals surface area contributed by atoms with Crippen LogP contribution in [-0.4, -0.2) is 30.0 Å². The number of nitrogens with one attached hydrogen (secondary N) is 1. The Morgan fingerprint density at radius 2 is 2.13 bits per heavy atom. The average molecular weight is 230 g/mol. The van der Waals surface area contributed by atoms with Crippen LogP contribution in [0.5, 0.6) is 0 Å². The van der Waals surface area contributed by atoms with E-state index >= 15 is 0 Å². The zero-order chi connectivity index (χ0) is 11.5. The molecule has 0 saturated heterocycles. The van der Waals surface area contributed by atoms with E-state index in [4.69, 9.17) is 5.73 Å².